The van der Waals surface area contributed by atoms with Crippen molar-refractivity contribution in [3.05, 3.63) is 170 Å². The van der Waals surface area contributed by atoms with Crippen molar-refractivity contribution in [1.29, 1.82) is 5.26 Å². The van der Waals surface area contributed by atoms with E-state index in [1.165, 1.54) is 11.0 Å². The molecule has 2 aliphatic heterocycles. The molecule has 61 heavy (non-hydrogen) atoms. The van der Waals surface area contributed by atoms with Crippen LogP contribution >= 0.6 is 23.2 Å². The molecule has 14 heteroatoms. The number of ketones is 1. The zero-order valence-corrected chi connectivity index (χ0v) is 34.1. The van der Waals surface area contributed by atoms with Crippen LogP contribution in [0.3, 0.4) is 0 Å². The highest BCUT2D eigenvalue weighted by Gasteiger charge is 2.39. The number of aromatic nitrogens is 1. The summed E-state index contributed by atoms with van der Waals surface area (Å²) in [6, 6.07) is 31.5. The fourth-order valence-corrected chi connectivity index (χ4v) is 7.83. The normalized spacial score (nSPS) is 16.0. The van der Waals surface area contributed by atoms with E-state index in [9.17, 15) is 24.3 Å². The zero-order valence-electron chi connectivity index (χ0n) is 32.6. The molecule has 6 aromatic rings. The molecule has 3 atom stereocenters. The van der Waals surface area contributed by atoms with Gasteiger partial charge in [-0.05, 0) is 82.8 Å². The van der Waals surface area contributed by atoms with Gasteiger partial charge in [0, 0.05) is 43.0 Å². The van der Waals surface area contributed by atoms with Gasteiger partial charge in [-0.1, -0.05) is 89.0 Å². The largest absolute Gasteiger partial charge is 0.489 e. The molecule has 0 bridgehead atoms. The van der Waals surface area contributed by atoms with Crippen molar-refractivity contribution in [2.24, 2.45) is 0 Å². The monoisotopic (exact) mass is 854 g/mol. The number of rotatable bonds is 11. The molecule has 0 radical (unpaired) electrons. The number of Topliss-reactive ketones (excluding diaryl/α,β-unsaturated/α-hetero) is 1. The minimum atomic E-state index is -1.31. The first kappa shape index (κ1) is 40.8. The van der Waals surface area contributed by atoms with Crippen LogP contribution in [-0.4, -0.2) is 50.8 Å². The molecule has 0 saturated carbocycles. The van der Waals surface area contributed by atoms with E-state index in [1.54, 1.807) is 73.7 Å². The Kier molecular flexibility index (Phi) is 11.6. The Balaban J connectivity index is 0.991. The zero-order chi connectivity index (χ0) is 42.8. The second-order valence-electron chi connectivity index (χ2n) is 14.9. The van der Waals surface area contributed by atoms with Crippen molar-refractivity contribution in [2.75, 3.05) is 0 Å². The number of carbonyl (C=O) groups is 4. The van der Waals surface area contributed by atoms with E-state index in [0.29, 0.717) is 55.1 Å². The number of fused-ring (bicyclic) bond motifs is 2. The van der Waals surface area contributed by atoms with E-state index in [0.717, 1.165) is 22.3 Å². The molecule has 0 spiro atoms. The average Bonchev–Trinajstić information content (AvgIpc) is 3.71. The lowest BCUT2D eigenvalue weighted by atomic mass is 9.88. The lowest BCUT2D eigenvalue weighted by molar-refractivity contribution is -0.142. The third-order valence-corrected chi connectivity index (χ3v) is 11.5. The van der Waals surface area contributed by atoms with Crippen molar-refractivity contribution < 1.29 is 38.3 Å². The first-order chi connectivity index (χ1) is 29.4. The molecule has 2 aliphatic rings. The third kappa shape index (κ3) is 8.99. The Labute approximate surface area is 360 Å². The van der Waals surface area contributed by atoms with Gasteiger partial charge in [0.25, 0.3) is 5.91 Å². The second kappa shape index (κ2) is 17.3. The molecule has 0 fully saturated rings. The average molecular weight is 856 g/mol. The predicted molar refractivity (Wildman–Crippen MR) is 224 cm³/mol. The smallest absolute Gasteiger partial charge is 0.326 e. The predicted octanol–water partition coefficient (Wildman–Crippen LogP) is 8.03. The summed E-state index contributed by atoms with van der Waals surface area (Å²) in [5, 5.41) is 26.8. The first-order valence-corrected chi connectivity index (χ1v) is 20.1. The van der Waals surface area contributed by atoms with E-state index in [4.69, 9.17) is 42.5 Å². The summed E-state index contributed by atoms with van der Waals surface area (Å²) in [7, 11) is 0. The number of nitrogens with zero attached hydrogens (tertiary/aromatic N) is 3. The fraction of sp³-hybridized carbons (Fsp3) is 0.191. The van der Waals surface area contributed by atoms with Gasteiger partial charge in [0.2, 0.25) is 5.91 Å². The highest BCUT2D eigenvalue weighted by molar-refractivity contribution is 6.42. The quantitative estimate of drug-likeness (QED) is 0.130. The standard InChI is InChI=1S/C47H36Cl2N4O8/c1-26-16-39(52-61-26)46(56)53-24-35-22-43-34(21-42(54)44(60-43)32-11-13-36(14-12-32)59-25-29-6-15-37(48)38(49)17-29)19-33(35)20-41(53)45(55)51-40(47(57)58)18-27-2-7-30(8-3-27)31-9-4-28(23-50)5-10-31/h2-17,19,22,40-41,44H,18,20-21,24-25H2,1H3,(H,51,55)(H,57,58)/t40-,41-,44?/m0/s1. The maximum absolute atomic E-state index is 14.1. The summed E-state index contributed by atoms with van der Waals surface area (Å²) < 4.78 is 17.4. The highest BCUT2D eigenvalue weighted by Crippen LogP contribution is 2.38. The maximum Gasteiger partial charge on any atom is 0.326 e. The van der Waals surface area contributed by atoms with Gasteiger partial charge in [-0.3, -0.25) is 14.4 Å². The minimum Gasteiger partial charge on any atom is -0.489 e. The Morgan fingerprint density at radius 2 is 1.61 bits per heavy atom. The van der Waals surface area contributed by atoms with Crippen LogP contribution in [0.25, 0.3) is 11.1 Å². The van der Waals surface area contributed by atoms with Crippen molar-refractivity contribution >= 4 is 46.8 Å². The number of ether oxygens (including phenoxy) is 2. The van der Waals surface area contributed by atoms with Crippen LogP contribution in [0.2, 0.25) is 10.0 Å². The number of amides is 2. The van der Waals surface area contributed by atoms with Crippen molar-refractivity contribution in [1.82, 2.24) is 15.4 Å². The SMILES string of the molecule is Cc1cc(C(=O)N2Cc3cc4c(cc3C[C@H]2C(=O)N[C@@H](Cc2ccc(-c3ccc(C#N)cc3)cc2)C(=O)O)CC(=O)C(c2ccc(OCc3ccc(Cl)c(Cl)c3)cc2)O4)no1. The Bertz CT molecular complexity index is 2710. The molecular formula is C47H36Cl2N4O8. The lowest BCUT2D eigenvalue weighted by Crippen LogP contribution is -2.56. The van der Waals surface area contributed by atoms with Crippen LogP contribution < -0.4 is 14.8 Å². The fourth-order valence-electron chi connectivity index (χ4n) is 7.51. The van der Waals surface area contributed by atoms with Crippen molar-refractivity contribution in [2.45, 2.75) is 57.5 Å². The minimum absolute atomic E-state index is 0.000138. The topological polar surface area (TPSA) is 172 Å². The maximum atomic E-state index is 14.1. The summed E-state index contributed by atoms with van der Waals surface area (Å²) in [5.41, 5.74) is 6.53. The van der Waals surface area contributed by atoms with Crippen molar-refractivity contribution in [3.8, 4) is 28.7 Å². The molecule has 0 aliphatic carbocycles. The Hall–Kier alpha value is -6.94. The molecular weight excluding hydrogens is 819 g/mol. The highest BCUT2D eigenvalue weighted by atomic mass is 35.5. The van der Waals surface area contributed by atoms with E-state index in [1.807, 2.05) is 36.4 Å². The molecule has 3 heterocycles. The van der Waals surface area contributed by atoms with Gasteiger partial charge in [0.1, 0.15) is 35.9 Å². The number of aliphatic carboxylic acids is 1. The van der Waals surface area contributed by atoms with Crippen LogP contribution in [0.1, 0.15) is 61.3 Å². The van der Waals surface area contributed by atoms with Gasteiger partial charge in [-0.15, -0.1) is 0 Å². The van der Waals surface area contributed by atoms with Crippen LogP contribution in [-0.2, 0) is 46.8 Å². The van der Waals surface area contributed by atoms with E-state index >= 15 is 0 Å². The molecule has 0 saturated heterocycles. The Morgan fingerprint density at radius 3 is 2.26 bits per heavy atom. The molecule has 12 nitrogen and oxygen atoms in total. The van der Waals surface area contributed by atoms with Crippen LogP contribution in [0.4, 0.5) is 0 Å². The number of halogens is 2. The van der Waals surface area contributed by atoms with E-state index < -0.39 is 36.0 Å². The molecule has 5 aromatic carbocycles. The molecule has 8 rings (SSSR count). The number of carboxylic acid groups (broad SMARTS) is 1. The number of carbonyl (C=O) groups excluding carboxylic acids is 3. The van der Waals surface area contributed by atoms with Gasteiger partial charge < -0.3 is 29.3 Å². The third-order valence-electron chi connectivity index (χ3n) is 10.8. The number of nitrogens with one attached hydrogen (secondary N) is 1. The number of hydrogen-bond acceptors (Lipinski definition) is 9. The summed E-state index contributed by atoms with van der Waals surface area (Å²) in [5.74, 6) is -1.15. The van der Waals surface area contributed by atoms with E-state index in [-0.39, 0.29) is 43.9 Å². The summed E-state index contributed by atoms with van der Waals surface area (Å²) in [6.45, 7) is 1.89. The second-order valence-corrected chi connectivity index (χ2v) is 15.8. The number of nitriles is 1. The van der Waals surface area contributed by atoms with Gasteiger partial charge >= 0.3 is 5.97 Å². The number of aryl methyl sites for hydroxylation is 1. The number of hydrogen-bond donors (Lipinski definition) is 2. The lowest BCUT2D eigenvalue weighted by Gasteiger charge is -2.37. The summed E-state index contributed by atoms with van der Waals surface area (Å²) in [6.07, 6.45) is -0.778. The number of carboxylic acids is 1. The van der Waals surface area contributed by atoms with Crippen LogP contribution in [0.15, 0.2) is 114 Å². The molecule has 2 N–H and O–H groups in total. The van der Waals surface area contributed by atoms with E-state index in [2.05, 4.69) is 16.5 Å². The van der Waals surface area contributed by atoms with Crippen molar-refractivity contribution in [3.63, 3.8) is 0 Å². The molecule has 2 amide bonds. The summed E-state index contributed by atoms with van der Waals surface area (Å²) in [4.78, 5) is 55.5. The summed E-state index contributed by atoms with van der Waals surface area (Å²) >= 11 is 12.2. The van der Waals surface area contributed by atoms with Gasteiger partial charge in [-0.2, -0.15) is 5.26 Å². The first-order valence-electron chi connectivity index (χ1n) is 19.3. The Morgan fingerprint density at radius 1 is 0.902 bits per heavy atom. The van der Waals surface area contributed by atoms with Gasteiger partial charge in [-0.25, -0.2) is 4.79 Å². The molecule has 1 aromatic heterocycles. The molecule has 1 unspecified atom stereocenters. The van der Waals surface area contributed by atoms with Gasteiger partial charge in [0.05, 0.1) is 21.7 Å². The molecule has 306 valence electrons. The van der Waals surface area contributed by atoms with Gasteiger partial charge in [0.15, 0.2) is 17.6 Å². The van der Waals surface area contributed by atoms with Crippen LogP contribution in [0, 0.1) is 18.3 Å². The van der Waals surface area contributed by atoms with Crippen LogP contribution in [0.5, 0.6) is 11.5 Å². The number of benzene rings is 5.